The minimum absolute atomic E-state index is 0.0360. The van der Waals surface area contributed by atoms with Crippen LogP contribution in [0.25, 0.3) is 0 Å². The average Bonchev–Trinajstić information content (AvgIpc) is 2.95. The van der Waals surface area contributed by atoms with Crippen molar-refractivity contribution in [3.8, 4) is 0 Å². The lowest BCUT2D eigenvalue weighted by atomic mass is 9.84. The summed E-state index contributed by atoms with van der Waals surface area (Å²) in [5.41, 5.74) is 0.0360. The van der Waals surface area contributed by atoms with E-state index in [1.54, 1.807) is 7.05 Å². The second-order valence-electron chi connectivity index (χ2n) is 7.05. The van der Waals surface area contributed by atoms with Crippen LogP contribution in [0.15, 0.2) is 4.99 Å². The zero-order chi connectivity index (χ0) is 17.3. The monoisotopic (exact) mass is 328 g/mol. The van der Waals surface area contributed by atoms with Crippen molar-refractivity contribution in [2.75, 3.05) is 46.5 Å². The van der Waals surface area contributed by atoms with Gasteiger partial charge in [-0.1, -0.05) is 0 Å². The molecule has 0 saturated carbocycles. The maximum atomic E-state index is 9.29. The molecule has 1 saturated heterocycles. The van der Waals surface area contributed by atoms with Crippen molar-refractivity contribution in [3.05, 3.63) is 0 Å². The molecule has 1 unspecified atom stereocenters. The molecule has 1 aliphatic rings. The smallest absolute Gasteiger partial charge is 0.191 e. The van der Waals surface area contributed by atoms with E-state index in [1.807, 2.05) is 0 Å². The molecular formula is C17H36N4O2. The van der Waals surface area contributed by atoms with Crippen LogP contribution in [0.3, 0.4) is 0 Å². The topological polar surface area (TPSA) is 69.1 Å². The molecule has 1 atom stereocenters. The van der Waals surface area contributed by atoms with E-state index in [-0.39, 0.29) is 12.0 Å². The molecule has 0 amide bonds. The van der Waals surface area contributed by atoms with Crippen LogP contribution in [0.2, 0.25) is 0 Å². The summed E-state index contributed by atoms with van der Waals surface area (Å²) >= 11 is 0. The van der Waals surface area contributed by atoms with Crippen LogP contribution in [0.5, 0.6) is 0 Å². The van der Waals surface area contributed by atoms with Gasteiger partial charge in [0.25, 0.3) is 0 Å². The fourth-order valence-electron chi connectivity index (χ4n) is 3.22. The first-order valence-electron chi connectivity index (χ1n) is 8.83. The molecule has 1 aliphatic heterocycles. The second-order valence-corrected chi connectivity index (χ2v) is 7.05. The molecule has 1 heterocycles. The number of hydrogen-bond donors (Lipinski definition) is 3. The van der Waals surface area contributed by atoms with E-state index in [0.29, 0.717) is 18.7 Å². The summed E-state index contributed by atoms with van der Waals surface area (Å²) in [4.78, 5) is 6.76. The Hall–Kier alpha value is -0.850. The average molecular weight is 329 g/mol. The van der Waals surface area contributed by atoms with Crippen LogP contribution < -0.4 is 10.6 Å². The summed E-state index contributed by atoms with van der Waals surface area (Å²) in [6.45, 7) is 13.2. The SMILES string of the molecule is CN=C(NCCN(C(C)C)C(C)C)NCC1(CCO)CCOC1. The molecule has 136 valence electrons. The van der Waals surface area contributed by atoms with Crippen LogP contribution in [0.4, 0.5) is 0 Å². The first kappa shape index (κ1) is 20.2. The van der Waals surface area contributed by atoms with Gasteiger partial charge in [0.05, 0.1) is 6.61 Å². The van der Waals surface area contributed by atoms with Crippen LogP contribution in [-0.4, -0.2) is 74.6 Å². The van der Waals surface area contributed by atoms with Crippen molar-refractivity contribution in [1.29, 1.82) is 0 Å². The van der Waals surface area contributed by atoms with Crippen molar-refractivity contribution in [2.45, 2.75) is 52.6 Å². The minimum Gasteiger partial charge on any atom is -0.396 e. The zero-order valence-corrected chi connectivity index (χ0v) is 15.6. The quantitative estimate of drug-likeness (QED) is 0.436. The number of nitrogens with one attached hydrogen (secondary N) is 2. The lowest BCUT2D eigenvalue weighted by Gasteiger charge is -2.31. The first-order valence-corrected chi connectivity index (χ1v) is 8.83. The summed E-state index contributed by atoms with van der Waals surface area (Å²) < 4.78 is 5.53. The fraction of sp³-hybridized carbons (Fsp3) is 0.941. The number of rotatable bonds is 9. The lowest BCUT2D eigenvalue weighted by Crippen LogP contribution is -2.47. The molecule has 0 aliphatic carbocycles. The summed E-state index contributed by atoms with van der Waals surface area (Å²) in [7, 11) is 1.79. The van der Waals surface area contributed by atoms with Crippen LogP contribution in [0, 0.1) is 5.41 Å². The maximum Gasteiger partial charge on any atom is 0.191 e. The van der Waals surface area contributed by atoms with Gasteiger partial charge >= 0.3 is 0 Å². The molecule has 1 rings (SSSR count). The summed E-state index contributed by atoms with van der Waals surface area (Å²) in [6.07, 6.45) is 1.76. The van der Waals surface area contributed by atoms with Gasteiger partial charge in [0.15, 0.2) is 5.96 Å². The zero-order valence-electron chi connectivity index (χ0n) is 15.6. The number of aliphatic hydroxyl groups is 1. The lowest BCUT2D eigenvalue weighted by molar-refractivity contribution is 0.127. The van der Waals surface area contributed by atoms with E-state index in [0.717, 1.165) is 45.0 Å². The van der Waals surface area contributed by atoms with Crippen molar-refractivity contribution >= 4 is 5.96 Å². The van der Waals surface area contributed by atoms with Gasteiger partial charge in [-0.3, -0.25) is 9.89 Å². The number of nitrogens with zero attached hydrogens (tertiary/aromatic N) is 2. The predicted octanol–water partition coefficient (Wildman–Crippen LogP) is 1.06. The number of aliphatic hydroxyl groups excluding tert-OH is 1. The third kappa shape index (κ3) is 6.65. The normalized spacial score (nSPS) is 22.4. The van der Waals surface area contributed by atoms with Gasteiger partial charge in [0.2, 0.25) is 0 Å². The standard InChI is InChI=1S/C17H36N4O2/c1-14(2)21(15(3)4)9-8-19-16(18-5)20-12-17(6-10-22)7-11-23-13-17/h14-15,22H,6-13H2,1-5H3,(H2,18,19,20). The van der Waals surface area contributed by atoms with Gasteiger partial charge in [-0.2, -0.15) is 0 Å². The Morgan fingerprint density at radius 1 is 1.26 bits per heavy atom. The van der Waals surface area contributed by atoms with Crippen molar-refractivity contribution in [3.63, 3.8) is 0 Å². The van der Waals surface area contributed by atoms with E-state index in [2.05, 4.69) is 48.2 Å². The molecule has 1 fully saturated rings. The minimum atomic E-state index is 0.0360. The Bertz CT molecular complexity index is 345. The molecular weight excluding hydrogens is 292 g/mol. The Morgan fingerprint density at radius 3 is 2.43 bits per heavy atom. The van der Waals surface area contributed by atoms with Gasteiger partial charge in [-0.05, 0) is 40.5 Å². The third-order valence-corrected chi connectivity index (χ3v) is 4.67. The molecule has 0 aromatic heterocycles. The van der Waals surface area contributed by atoms with Gasteiger partial charge in [0, 0.05) is 57.4 Å². The molecule has 0 bridgehead atoms. The Morgan fingerprint density at radius 2 is 1.96 bits per heavy atom. The molecule has 3 N–H and O–H groups in total. The highest BCUT2D eigenvalue weighted by Gasteiger charge is 2.34. The highest BCUT2D eigenvalue weighted by atomic mass is 16.5. The highest BCUT2D eigenvalue weighted by molar-refractivity contribution is 5.79. The van der Waals surface area contributed by atoms with Crippen LogP contribution in [-0.2, 0) is 4.74 Å². The second kappa shape index (κ2) is 10.1. The van der Waals surface area contributed by atoms with Gasteiger partial charge in [-0.25, -0.2) is 0 Å². The van der Waals surface area contributed by atoms with Gasteiger partial charge in [-0.15, -0.1) is 0 Å². The Balaban J connectivity index is 2.40. The maximum absolute atomic E-state index is 9.29. The Labute approximate surface area is 141 Å². The Kier molecular flexibility index (Phi) is 8.87. The molecule has 0 aromatic carbocycles. The molecule has 0 radical (unpaired) electrons. The van der Waals surface area contributed by atoms with Gasteiger partial charge in [0.1, 0.15) is 0 Å². The molecule has 6 nitrogen and oxygen atoms in total. The van der Waals surface area contributed by atoms with Crippen molar-refractivity contribution in [1.82, 2.24) is 15.5 Å². The van der Waals surface area contributed by atoms with E-state index in [4.69, 9.17) is 4.74 Å². The van der Waals surface area contributed by atoms with E-state index >= 15 is 0 Å². The highest BCUT2D eigenvalue weighted by Crippen LogP contribution is 2.31. The summed E-state index contributed by atoms with van der Waals surface area (Å²) in [5.74, 6) is 0.821. The molecule has 23 heavy (non-hydrogen) atoms. The molecule has 6 heteroatoms. The predicted molar refractivity (Wildman–Crippen MR) is 95.9 cm³/mol. The van der Waals surface area contributed by atoms with Crippen molar-refractivity contribution < 1.29 is 9.84 Å². The van der Waals surface area contributed by atoms with Crippen LogP contribution in [0.1, 0.15) is 40.5 Å². The summed E-state index contributed by atoms with van der Waals surface area (Å²) in [6, 6.07) is 1.07. The largest absolute Gasteiger partial charge is 0.396 e. The number of hydrogen-bond acceptors (Lipinski definition) is 4. The van der Waals surface area contributed by atoms with E-state index < -0.39 is 0 Å². The summed E-state index contributed by atoms with van der Waals surface area (Å²) in [5, 5.41) is 16.1. The number of guanidine groups is 1. The number of ether oxygens (including phenoxy) is 1. The molecule has 0 aromatic rings. The third-order valence-electron chi connectivity index (χ3n) is 4.67. The van der Waals surface area contributed by atoms with E-state index in [1.165, 1.54) is 0 Å². The van der Waals surface area contributed by atoms with Crippen LogP contribution >= 0.6 is 0 Å². The number of aliphatic imine (C=N–C) groups is 1. The van der Waals surface area contributed by atoms with Gasteiger partial charge < -0.3 is 20.5 Å². The van der Waals surface area contributed by atoms with E-state index in [9.17, 15) is 5.11 Å². The fourth-order valence-corrected chi connectivity index (χ4v) is 3.22. The molecule has 0 spiro atoms. The van der Waals surface area contributed by atoms with Crippen molar-refractivity contribution in [2.24, 2.45) is 10.4 Å². The first-order chi connectivity index (χ1) is 10.9.